The smallest absolute Gasteiger partial charge is 0.269 e. The van der Waals surface area contributed by atoms with Crippen LogP contribution >= 0.6 is 0 Å². The van der Waals surface area contributed by atoms with Crippen molar-refractivity contribution >= 4 is 23.4 Å². The maximum Gasteiger partial charge on any atom is 0.269 e. The molecule has 2 heterocycles. The van der Waals surface area contributed by atoms with E-state index in [1.165, 1.54) is 11.1 Å². The molecule has 1 aromatic carbocycles. The fraction of sp³-hybridized carbons (Fsp3) is 0.600. The van der Waals surface area contributed by atoms with Crippen molar-refractivity contribution in [3.8, 4) is 0 Å². The zero-order valence-electron chi connectivity index (χ0n) is 24.0. The Labute approximate surface area is 241 Å². The number of nitrogens with zero attached hydrogens (tertiary/aromatic N) is 3. The van der Waals surface area contributed by atoms with Crippen molar-refractivity contribution in [3.05, 3.63) is 47.2 Å². The molecule has 2 fully saturated rings. The molecule has 2 aliphatic carbocycles. The number of carbonyl (C=O) groups is 2. The van der Waals surface area contributed by atoms with E-state index >= 15 is 0 Å². The van der Waals surface area contributed by atoms with E-state index in [0.29, 0.717) is 31.2 Å². The van der Waals surface area contributed by atoms with Crippen LogP contribution in [-0.2, 0) is 22.6 Å². The first-order valence-electron chi connectivity index (χ1n) is 14.8. The van der Waals surface area contributed by atoms with Crippen LogP contribution in [0.3, 0.4) is 0 Å². The minimum Gasteiger partial charge on any atom is -0.410 e. The number of fused-ring (bicyclic) bond motifs is 1. The average Bonchev–Trinajstić information content (AvgIpc) is 2.92. The Morgan fingerprint density at radius 1 is 1.17 bits per heavy atom. The zero-order valence-corrected chi connectivity index (χ0v) is 24.0. The van der Waals surface area contributed by atoms with Gasteiger partial charge in [-0.3, -0.25) is 14.5 Å². The van der Waals surface area contributed by atoms with Crippen molar-refractivity contribution in [2.75, 3.05) is 26.3 Å². The second-order valence-electron chi connectivity index (χ2n) is 12.5. The predicted octanol–water partition coefficient (Wildman–Crippen LogP) is 1.26. The molecular formula is C30H43N7O4. The molecule has 6 N–H and O–H groups in total. The molecule has 1 aromatic rings. The molecule has 0 aromatic heterocycles. The van der Waals surface area contributed by atoms with Gasteiger partial charge in [0.15, 0.2) is 0 Å². The minimum absolute atomic E-state index is 0.111. The highest BCUT2D eigenvalue weighted by Crippen LogP contribution is 2.55. The number of rotatable bonds is 10. The molecule has 1 spiro atoms. The number of aliphatic hydroxyl groups is 1. The predicted molar refractivity (Wildman–Crippen MR) is 156 cm³/mol. The number of amides is 2. The summed E-state index contributed by atoms with van der Waals surface area (Å²) in [5, 5.41) is 35.2. The lowest BCUT2D eigenvalue weighted by Gasteiger charge is -2.58. The van der Waals surface area contributed by atoms with Crippen LogP contribution in [-0.4, -0.2) is 83.1 Å². The number of β-amino-alcohol motifs (C(OH)–C–C–N with tert-alkyl or cyclic N) is 1. The van der Waals surface area contributed by atoms with Crippen LogP contribution in [0.1, 0.15) is 57.1 Å². The number of aliphatic hydroxyl groups excluding tert-OH is 1. The Bertz CT molecular complexity index is 1210. The SMILES string of the molecule is CC(C)C/C(=N/O)C(=O)NC1CC2(C1)CC(NC1=NCNC(C(=O)NC[C@H](O)CN3CCc4ccccc4C3)=C1)C2. The van der Waals surface area contributed by atoms with Gasteiger partial charge in [0.25, 0.3) is 11.8 Å². The number of nitrogens with one attached hydrogen (secondary N) is 4. The second kappa shape index (κ2) is 12.6. The summed E-state index contributed by atoms with van der Waals surface area (Å²) in [6.45, 7) is 6.69. The molecule has 2 amide bonds. The van der Waals surface area contributed by atoms with Crippen molar-refractivity contribution in [2.45, 2.75) is 77.1 Å². The maximum atomic E-state index is 12.8. The monoisotopic (exact) mass is 565 g/mol. The van der Waals surface area contributed by atoms with Crippen LogP contribution < -0.4 is 21.3 Å². The summed E-state index contributed by atoms with van der Waals surface area (Å²) in [6.07, 6.45) is 6.31. The molecule has 0 bridgehead atoms. The third kappa shape index (κ3) is 7.26. The van der Waals surface area contributed by atoms with Gasteiger partial charge in [0.1, 0.15) is 23.9 Å². The van der Waals surface area contributed by atoms with Gasteiger partial charge in [-0.05, 0) is 54.6 Å². The first-order valence-corrected chi connectivity index (χ1v) is 14.8. The van der Waals surface area contributed by atoms with Crippen LogP contribution in [0.4, 0.5) is 0 Å². The van der Waals surface area contributed by atoms with Crippen molar-refractivity contribution in [1.82, 2.24) is 26.2 Å². The molecule has 0 unspecified atom stereocenters. The minimum atomic E-state index is -0.653. The van der Waals surface area contributed by atoms with Crippen LogP contribution in [0, 0.1) is 11.3 Å². The quantitative estimate of drug-likeness (QED) is 0.142. The third-order valence-electron chi connectivity index (χ3n) is 8.61. The van der Waals surface area contributed by atoms with Gasteiger partial charge in [0, 0.05) is 50.8 Å². The van der Waals surface area contributed by atoms with Crippen molar-refractivity contribution in [3.63, 3.8) is 0 Å². The summed E-state index contributed by atoms with van der Waals surface area (Å²) in [7, 11) is 0. The number of carbonyl (C=O) groups excluding carboxylic acids is 2. The van der Waals surface area contributed by atoms with E-state index in [-0.39, 0.29) is 47.5 Å². The van der Waals surface area contributed by atoms with E-state index in [4.69, 9.17) is 5.21 Å². The van der Waals surface area contributed by atoms with Gasteiger partial charge in [-0.2, -0.15) is 0 Å². The number of benzene rings is 1. The van der Waals surface area contributed by atoms with Crippen LogP contribution in [0.15, 0.2) is 46.2 Å². The van der Waals surface area contributed by atoms with Crippen molar-refractivity contribution in [1.29, 1.82) is 0 Å². The Kier molecular flexibility index (Phi) is 8.94. The Hall–Kier alpha value is -3.44. The van der Waals surface area contributed by atoms with Gasteiger partial charge in [-0.15, -0.1) is 0 Å². The van der Waals surface area contributed by atoms with E-state index < -0.39 is 6.10 Å². The standard InChI is InChI=1S/C30H43N7O4/c1-19(2)9-26(36-41)29(40)35-23-13-30(14-23)11-22(12-30)34-27-10-25(32-18-33-27)28(39)31-15-24(38)17-37-8-7-20-5-3-4-6-21(20)16-37/h3-6,10,19,22-24,32,38,41H,7-9,11-18H2,1-2H3,(H,31,39)(H,33,34)(H,35,40)/b36-26-/t22?,23?,24-,30?/m0/s1. The summed E-state index contributed by atoms with van der Waals surface area (Å²) >= 11 is 0. The third-order valence-corrected chi connectivity index (χ3v) is 8.61. The van der Waals surface area contributed by atoms with Gasteiger partial charge < -0.3 is 31.6 Å². The highest BCUT2D eigenvalue weighted by atomic mass is 16.4. The lowest BCUT2D eigenvalue weighted by molar-refractivity contribution is -0.119. The molecule has 0 radical (unpaired) electrons. The van der Waals surface area contributed by atoms with Gasteiger partial charge >= 0.3 is 0 Å². The maximum absolute atomic E-state index is 12.8. The molecule has 11 heteroatoms. The van der Waals surface area contributed by atoms with Crippen LogP contribution in [0.25, 0.3) is 0 Å². The highest BCUT2D eigenvalue weighted by molar-refractivity contribution is 6.38. The van der Waals surface area contributed by atoms with Gasteiger partial charge in [0.2, 0.25) is 0 Å². The van der Waals surface area contributed by atoms with Gasteiger partial charge in [0.05, 0.1) is 6.10 Å². The summed E-state index contributed by atoms with van der Waals surface area (Å²) in [6, 6.07) is 8.79. The molecule has 5 rings (SSSR count). The summed E-state index contributed by atoms with van der Waals surface area (Å²) in [5.74, 6) is 0.391. The zero-order chi connectivity index (χ0) is 29.0. The number of aliphatic imine (C=N–C) groups is 1. The Morgan fingerprint density at radius 3 is 2.63 bits per heavy atom. The number of oxime groups is 1. The molecule has 222 valence electrons. The molecule has 41 heavy (non-hydrogen) atoms. The lowest BCUT2D eigenvalue weighted by Crippen LogP contribution is -2.61. The molecule has 2 saturated carbocycles. The first kappa shape index (κ1) is 29.1. The van der Waals surface area contributed by atoms with E-state index in [1.807, 2.05) is 19.9 Å². The fourth-order valence-corrected chi connectivity index (χ4v) is 6.61. The topological polar surface area (TPSA) is 151 Å². The van der Waals surface area contributed by atoms with E-state index in [0.717, 1.165) is 45.2 Å². The van der Waals surface area contributed by atoms with E-state index in [1.54, 1.807) is 6.08 Å². The Morgan fingerprint density at radius 2 is 1.90 bits per heavy atom. The molecule has 2 aliphatic heterocycles. The largest absolute Gasteiger partial charge is 0.410 e. The lowest BCUT2D eigenvalue weighted by atomic mass is 9.52. The number of hydrogen-bond donors (Lipinski definition) is 6. The molecule has 4 aliphatic rings. The van der Waals surface area contributed by atoms with E-state index in [9.17, 15) is 14.7 Å². The van der Waals surface area contributed by atoms with Gasteiger partial charge in [-0.25, -0.2) is 4.99 Å². The van der Waals surface area contributed by atoms with Crippen molar-refractivity contribution in [2.24, 2.45) is 21.5 Å². The molecule has 0 saturated heterocycles. The van der Waals surface area contributed by atoms with Crippen LogP contribution in [0.2, 0.25) is 0 Å². The summed E-state index contributed by atoms with van der Waals surface area (Å²) in [5.41, 5.74) is 3.53. The van der Waals surface area contributed by atoms with Gasteiger partial charge in [-0.1, -0.05) is 43.3 Å². The first-order chi connectivity index (χ1) is 19.7. The Balaban J connectivity index is 1.00. The molecule has 11 nitrogen and oxygen atoms in total. The second-order valence-corrected chi connectivity index (χ2v) is 12.5. The van der Waals surface area contributed by atoms with Crippen molar-refractivity contribution < 1.29 is 19.9 Å². The van der Waals surface area contributed by atoms with E-state index in [2.05, 4.69) is 54.5 Å². The normalized spacial score (nSPS) is 26.5. The summed E-state index contributed by atoms with van der Waals surface area (Å²) < 4.78 is 0. The highest BCUT2D eigenvalue weighted by Gasteiger charge is 2.53. The summed E-state index contributed by atoms with van der Waals surface area (Å²) in [4.78, 5) is 31.8. The molecular weight excluding hydrogens is 522 g/mol. The number of hydrogen-bond acceptors (Lipinski definition) is 9. The molecule has 1 atom stereocenters. The fourth-order valence-electron chi connectivity index (χ4n) is 6.61. The number of amidine groups is 1. The average molecular weight is 566 g/mol. The van der Waals surface area contributed by atoms with Crippen LogP contribution in [0.5, 0.6) is 0 Å².